The Labute approximate surface area is 823 Å². The van der Waals surface area contributed by atoms with Crippen molar-refractivity contribution in [1.29, 1.82) is 0 Å². The highest BCUT2D eigenvalue weighted by atomic mass is 79.9. The Hall–Kier alpha value is -14.5. The van der Waals surface area contributed by atoms with E-state index < -0.39 is 14.2 Å². The lowest BCUT2D eigenvalue weighted by Crippen LogP contribution is -2.41. The second kappa shape index (κ2) is 41.8. The lowest BCUT2D eigenvalue weighted by molar-refractivity contribution is 0.00578. The molecule has 0 aliphatic carbocycles. The van der Waals surface area contributed by atoms with Gasteiger partial charge in [0.15, 0.2) is 17.5 Å². The molecule has 1 aliphatic rings. The van der Waals surface area contributed by atoms with Crippen LogP contribution in [0.3, 0.4) is 0 Å². The van der Waals surface area contributed by atoms with E-state index in [1.807, 2.05) is 201 Å². The molecule has 1 saturated heterocycles. The van der Waals surface area contributed by atoms with Crippen LogP contribution in [0, 0.1) is 34.6 Å². The van der Waals surface area contributed by atoms with Crippen LogP contribution in [0.2, 0.25) is 0 Å². The van der Waals surface area contributed by atoms with Gasteiger partial charge in [-0.25, -0.2) is 15.0 Å². The third-order valence-corrected chi connectivity index (χ3v) is 27.3. The first-order valence-corrected chi connectivity index (χ1v) is 46.8. The van der Waals surface area contributed by atoms with Gasteiger partial charge in [-0.15, -0.1) is 0 Å². The number of H-pyrrole nitrogens is 4. The van der Waals surface area contributed by atoms with E-state index in [4.69, 9.17) is 44.5 Å². The van der Waals surface area contributed by atoms with Gasteiger partial charge in [-0.1, -0.05) is 60.7 Å². The van der Waals surface area contributed by atoms with Crippen LogP contribution in [-0.2, 0) is 23.4 Å². The summed E-state index contributed by atoms with van der Waals surface area (Å²) in [6.45, 7) is 18.7. The average Bonchev–Trinajstić information content (AvgIpc) is 1.60. The van der Waals surface area contributed by atoms with Crippen LogP contribution in [-0.4, -0.2) is 145 Å². The van der Waals surface area contributed by atoms with Gasteiger partial charge in [-0.2, -0.15) is 15.3 Å². The molecule has 17 heterocycles. The van der Waals surface area contributed by atoms with E-state index in [-0.39, 0.29) is 11.2 Å². The number of aryl methyl sites for hydroxylation is 2. The number of nitrogens with one attached hydrogen (secondary N) is 4. The minimum atomic E-state index is -1.38. The molecule has 6 N–H and O–H groups in total. The number of fused-ring (bicyclic) bond motifs is 6. The van der Waals surface area contributed by atoms with Crippen LogP contribution >= 0.6 is 63.7 Å². The normalized spacial score (nSPS) is 12.3. The van der Waals surface area contributed by atoms with Crippen molar-refractivity contribution in [3.8, 4) is 101 Å². The summed E-state index contributed by atoms with van der Waals surface area (Å²) in [4.78, 5) is 65.6. The number of benzene rings is 6. The molecule has 26 nitrogen and oxygen atoms in total. The van der Waals surface area contributed by atoms with E-state index in [9.17, 15) is 0 Å². The highest BCUT2D eigenvalue weighted by molar-refractivity contribution is 9.11. The van der Waals surface area contributed by atoms with Gasteiger partial charge in [0.1, 0.15) is 17.1 Å². The molecule has 1 fully saturated rings. The average molecular weight is 2070 g/mol. The van der Waals surface area contributed by atoms with Gasteiger partial charge in [0.05, 0.1) is 60.9 Å². The molecular weight excluding hydrogens is 1970 g/mol. The Balaban J connectivity index is 0.000000116. The lowest BCUT2D eigenvalue weighted by atomic mass is 9.78. The molecule has 1 aliphatic heterocycles. The summed E-state index contributed by atoms with van der Waals surface area (Å²) < 4.78 is 20.4. The Kier molecular flexibility index (Phi) is 28.8. The standard InChI is InChI=1S/C26H20N6.C25H18N6.C21H23BN4O2.2C11H9BrN2.C6H5Br2N.C5H6BNO2/c1-16-20(17-9-11-27-12-10-17)14-28-15-21(16)18-7-8-24-19(13-18)25(31-32(24)2)26-29-22-5-3-4-6-23(22)30-26;1-15-19(16-8-10-26-11-9-16)13-27-14-20(15)17-6-7-21-18(12-17)24(31-30-21)25-28-22-4-2-3-5-23(22)29-25;1-20(2)21(3,4)28-22(27-20)13-10-11-17-14(12-13)18(25-26(17)5)19-23-15-8-6-7-9-16(15)24-19;2*1-8-10(6-14-7-11(8)12)9-2-4-13-5-3-9;1-4-5(7)2-9-3-6(4)8;8-6(9)5-1-3-7-4-2-5/h3-15H,1-2H3,(H,29,30);2-14H,1H3,(H,28,29)(H,30,31);6-12H,1-5H3,(H,23,24);2*2-7H,1H3;2-3H,1H3;1-4,8-9H. The van der Waals surface area contributed by atoms with Crippen molar-refractivity contribution in [2.24, 2.45) is 14.1 Å². The Morgan fingerprint density at radius 2 is 0.650 bits per heavy atom. The SMILES string of the molecule is Cc1c(-c2ccncc2)cncc1-c1ccc2[nH]nc(-c3nc4ccccc4[nH]3)c2c1.Cc1c(-c2ccncc2)cncc1-c1ccc2c(c1)c(-c1nc3ccccc3[nH]1)nn2C.Cc1c(Br)cncc1-c1ccncc1.Cc1c(Br)cncc1-c1ccncc1.Cc1c(Br)cncc1Br.Cn1nc(-c2nc3ccccc3[nH]2)c2cc(B3OC(C)(C)C(C)(C)O3)ccc21.OB(O)c1ccncc1. The fourth-order valence-electron chi connectivity index (χ4n) is 15.7. The van der Waals surface area contributed by atoms with Gasteiger partial charge in [0.25, 0.3) is 0 Å². The van der Waals surface area contributed by atoms with E-state index in [2.05, 4.69) is 249 Å². The fraction of sp³-hybridized carbons (Fsp3) is 0.124. The molecule has 32 heteroatoms. The van der Waals surface area contributed by atoms with Crippen molar-refractivity contribution >= 4 is 155 Å². The zero-order valence-electron chi connectivity index (χ0n) is 76.4. The van der Waals surface area contributed by atoms with Gasteiger partial charge in [-0.3, -0.25) is 64.3 Å². The van der Waals surface area contributed by atoms with Gasteiger partial charge >= 0.3 is 14.2 Å². The van der Waals surface area contributed by atoms with Gasteiger partial charge in [-0.05, 0) is 326 Å². The first-order chi connectivity index (χ1) is 66.3. The second-order valence-corrected chi connectivity index (χ2v) is 36.7. The summed E-state index contributed by atoms with van der Waals surface area (Å²) in [5.41, 5.74) is 31.3. The molecule has 22 aromatic rings. The van der Waals surface area contributed by atoms with Crippen LogP contribution in [0.5, 0.6) is 0 Å². The van der Waals surface area contributed by atoms with Gasteiger partial charge in [0, 0.05) is 205 Å². The highest BCUT2D eigenvalue weighted by Crippen LogP contribution is 2.41. The number of halogens is 4. The van der Waals surface area contributed by atoms with Crippen LogP contribution < -0.4 is 10.9 Å². The number of aromatic nitrogens is 22. The molecule has 0 bridgehead atoms. The van der Waals surface area contributed by atoms with Crippen molar-refractivity contribution in [3.63, 3.8) is 0 Å². The summed E-state index contributed by atoms with van der Waals surface area (Å²) in [7, 11) is 2.12. The molecule has 137 heavy (non-hydrogen) atoms. The molecule has 0 atom stereocenters. The summed E-state index contributed by atoms with van der Waals surface area (Å²) in [5, 5.41) is 37.4. The topological polar surface area (TPSA) is 338 Å². The van der Waals surface area contributed by atoms with E-state index in [1.165, 1.54) is 40.2 Å². The molecule has 16 aromatic heterocycles. The number of para-hydroxylation sites is 6. The van der Waals surface area contributed by atoms with Crippen LogP contribution in [0.1, 0.15) is 55.5 Å². The number of hydrogen-bond donors (Lipinski definition) is 6. The highest BCUT2D eigenvalue weighted by Gasteiger charge is 2.52. The predicted octanol–water partition coefficient (Wildman–Crippen LogP) is 22.6. The van der Waals surface area contributed by atoms with Crippen molar-refractivity contribution in [2.75, 3.05) is 0 Å². The molecule has 0 amide bonds. The molecule has 678 valence electrons. The number of rotatable bonds is 11. The van der Waals surface area contributed by atoms with E-state index in [0.29, 0.717) is 5.46 Å². The Morgan fingerprint density at radius 1 is 0.328 bits per heavy atom. The summed E-state index contributed by atoms with van der Waals surface area (Å²) in [6, 6.07) is 62.1. The first kappa shape index (κ1) is 94.3. The fourth-order valence-corrected chi connectivity index (χ4v) is 17.3. The maximum atomic E-state index is 8.55. The predicted molar refractivity (Wildman–Crippen MR) is 559 cm³/mol. The molecule has 0 unspecified atom stereocenters. The monoisotopic (exact) mass is 2060 g/mol. The van der Waals surface area contributed by atoms with Gasteiger partial charge in [0.2, 0.25) is 0 Å². The maximum Gasteiger partial charge on any atom is 0.494 e. The molecule has 0 radical (unpaired) electrons. The van der Waals surface area contributed by atoms with Crippen molar-refractivity contribution in [3.05, 3.63) is 358 Å². The molecular formula is C105H90B2Br4N22O4. The van der Waals surface area contributed by atoms with Crippen molar-refractivity contribution in [1.82, 2.24) is 110 Å². The molecule has 0 saturated carbocycles. The lowest BCUT2D eigenvalue weighted by Gasteiger charge is -2.32. The second-order valence-electron chi connectivity index (χ2n) is 33.3. The van der Waals surface area contributed by atoms with Gasteiger partial charge < -0.3 is 34.3 Å². The quantitative estimate of drug-likeness (QED) is 0.0655. The molecule has 0 spiro atoms. The van der Waals surface area contributed by atoms with Crippen LogP contribution in [0.15, 0.2) is 330 Å². The number of aromatic amines is 4. The maximum absolute atomic E-state index is 8.55. The largest absolute Gasteiger partial charge is 0.494 e. The minimum absolute atomic E-state index is 0.372. The number of imidazole rings is 3. The van der Waals surface area contributed by atoms with E-state index in [0.717, 1.165) is 190 Å². The zero-order chi connectivity index (χ0) is 95.6. The van der Waals surface area contributed by atoms with Crippen molar-refractivity contribution < 1.29 is 19.4 Å². The Bertz CT molecular complexity index is 7810. The first-order valence-electron chi connectivity index (χ1n) is 43.7. The number of pyridine rings is 10. The molecule has 6 aromatic carbocycles. The minimum Gasteiger partial charge on any atom is -0.423 e. The summed E-state index contributed by atoms with van der Waals surface area (Å²) in [6.07, 6.45) is 36.0. The summed E-state index contributed by atoms with van der Waals surface area (Å²) >= 11 is 13.6. The zero-order valence-corrected chi connectivity index (χ0v) is 82.7. The van der Waals surface area contributed by atoms with E-state index in [1.54, 1.807) is 74.1 Å². The van der Waals surface area contributed by atoms with Crippen molar-refractivity contribution in [2.45, 2.75) is 73.5 Å². The number of nitrogens with zero attached hydrogens (tertiary/aromatic N) is 18. The number of hydrogen-bond acceptors (Lipinski definition) is 20. The Morgan fingerprint density at radius 3 is 1.03 bits per heavy atom. The summed E-state index contributed by atoms with van der Waals surface area (Å²) in [5.74, 6) is 2.29. The molecule has 23 rings (SSSR count). The van der Waals surface area contributed by atoms with Crippen LogP contribution in [0.25, 0.3) is 167 Å². The van der Waals surface area contributed by atoms with Crippen LogP contribution in [0.4, 0.5) is 0 Å². The smallest absolute Gasteiger partial charge is 0.423 e. The third-order valence-electron chi connectivity index (χ3n) is 24.1. The van der Waals surface area contributed by atoms with E-state index >= 15 is 0 Å². The third kappa shape index (κ3) is 21.0.